The summed E-state index contributed by atoms with van der Waals surface area (Å²) in [7, 11) is -3.53. The predicted octanol–water partition coefficient (Wildman–Crippen LogP) is 2.68. The van der Waals surface area contributed by atoms with E-state index >= 15 is 0 Å². The Morgan fingerprint density at radius 2 is 1.64 bits per heavy atom. The largest absolute Gasteiger partial charge is 0.350 e. The minimum Gasteiger partial charge on any atom is -0.350 e. The van der Waals surface area contributed by atoms with Gasteiger partial charge in [0.1, 0.15) is 5.82 Å². The summed E-state index contributed by atoms with van der Waals surface area (Å²) < 4.78 is 38.7. The summed E-state index contributed by atoms with van der Waals surface area (Å²) >= 11 is 0. The van der Waals surface area contributed by atoms with Crippen LogP contribution in [0.4, 0.5) is 4.39 Å². The first-order valence-electron chi connectivity index (χ1n) is 7.81. The third-order valence-corrected chi connectivity index (χ3v) is 4.41. The molecule has 1 amide bonds. The molecule has 2 aromatic carbocycles. The van der Waals surface area contributed by atoms with E-state index in [0.717, 1.165) is 11.8 Å². The Labute approximate surface area is 147 Å². The lowest BCUT2D eigenvalue weighted by atomic mass is 10.0. The van der Waals surface area contributed by atoms with E-state index in [0.29, 0.717) is 5.56 Å². The molecule has 0 saturated carbocycles. The van der Waals surface area contributed by atoms with Crippen LogP contribution in [0.1, 0.15) is 36.6 Å². The third-order valence-electron chi connectivity index (χ3n) is 3.70. The molecule has 2 N–H and O–H groups in total. The van der Waals surface area contributed by atoms with Crippen LogP contribution in [-0.2, 0) is 14.8 Å². The molecule has 0 aliphatic carbocycles. The average Bonchev–Trinajstić information content (AvgIpc) is 2.54. The third kappa shape index (κ3) is 6.28. The summed E-state index contributed by atoms with van der Waals surface area (Å²) in [5.74, 6) is -0.731. The average molecular weight is 364 g/mol. The highest BCUT2D eigenvalue weighted by atomic mass is 32.2. The summed E-state index contributed by atoms with van der Waals surface area (Å²) in [6.07, 6.45) is 0.934. The Bertz CT molecular complexity index is 808. The molecule has 2 rings (SSSR count). The van der Waals surface area contributed by atoms with Crippen LogP contribution in [0.3, 0.4) is 0 Å². The maximum Gasteiger partial charge on any atom is 0.222 e. The lowest BCUT2D eigenvalue weighted by molar-refractivity contribution is -0.122. The number of nitrogens with one attached hydrogen (secondary N) is 2. The zero-order chi connectivity index (χ0) is 18.4. The number of carbonyl (C=O) groups is 1. The predicted molar refractivity (Wildman–Crippen MR) is 94.7 cm³/mol. The molecule has 2 aromatic rings. The van der Waals surface area contributed by atoms with Crippen molar-refractivity contribution in [2.45, 2.75) is 25.4 Å². The second-order valence-electron chi connectivity index (χ2n) is 5.90. The van der Waals surface area contributed by atoms with Crippen molar-refractivity contribution in [1.82, 2.24) is 10.0 Å². The number of hydrogen-bond donors (Lipinski definition) is 2. The number of benzene rings is 2. The van der Waals surface area contributed by atoms with Gasteiger partial charge in [0.2, 0.25) is 15.9 Å². The molecule has 0 spiro atoms. The molecule has 134 valence electrons. The molecule has 0 heterocycles. The minimum absolute atomic E-state index is 0.0874. The number of hydrogen-bond acceptors (Lipinski definition) is 3. The molecule has 0 radical (unpaired) electrons. The van der Waals surface area contributed by atoms with Crippen molar-refractivity contribution < 1.29 is 17.6 Å². The first kappa shape index (κ1) is 19.1. The zero-order valence-corrected chi connectivity index (χ0v) is 14.9. The van der Waals surface area contributed by atoms with Crippen LogP contribution in [0.2, 0.25) is 0 Å². The molecule has 0 aromatic heterocycles. The number of sulfonamides is 1. The summed E-state index contributed by atoms with van der Waals surface area (Å²) in [4.78, 5) is 12.3. The molecule has 0 fully saturated rings. The van der Waals surface area contributed by atoms with Crippen molar-refractivity contribution in [3.05, 3.63) is 71.5 Å². The SMILES string of the molecule is CC(NC(=O)CC(NS(C)(=O)=O)c1ccc(F)cc1)c1ccccc1. The smallest absolute Gasteiger partial charge is 0.222 e. The zero-order valence-electron chi connectivity index (χ0n) is 14.1. The fourth-order valence-corrected chi connectivity index (χ4v) is 3.23. The standard InChI is InChI=1S/C18H21FN2O3S/c1-13(14-6-4-3-5-7-14)20-18(22)12-17(21-25(2,23)24)15-8-10-16(19)11-9-15/h3-11,13,17,21H,12H2,1-2H3,(H,20,22). The van der Waals surface area contributed by atoms with Crippen molar-refractivity contribution in [2.75, 3.05) is 6.26 Å². The van der Waals surface area contributed by atoms with Gasteiger partial charge in [-0.2, -0.15) is 0 Å². The number of halogens is 1. The first-order chi connectivity index (χ1) is 11.7. The van der Waals surface area contributed by atoms with E-state index in [-0.39, 0.29) is 18.4 Å². The monoisotopic (exact) mass is 364 g/mol. The molecule has 25 heavy (non-hydrogen) atoms. The second-order valence-corrected chi connectivity index (χ2v) is 7.68. The normalized spacial score (nSPS) is 13.9. The highest BCUT2D eigenvalue weighted by Gasteiger charge is 2.21. The number of carbonyl (C=O) groups excluding carboxylic acids is 1. The summed E-state index contributed by atoms with van der Waals surface area (Å²) in [5, 5.41) is 2.85. The quantitative estimate of drug-likeness (QED) is 0.793. The van der Waals surface area contributed by atoms with Gasteiger partial charge >= 0.3 is 0 Å². The van der Waals surface area contributed by atoms with Crippen LogP contribution >= 0.6 is 0 Å². The lowest BCUT2D eigenvalue weighted by Crippen LogP contribution is -2.34. The first-order valence-corrected chi connectivity index (χ1v) is 9.71. The van der Waals surface area contributed by atoms with E-state index in [2.05, 4.69) is 10.0 Å². The van der Waals surface area contributed by atoms with Crippen LogP contribution in [0.25, 0.3) is 0 Å². The molecule has 0 saturated heterocycles. The van der Waals surface area contributed by atoms with Crippen LogP contribution in [0, 0.1) is 5.82 Å². The molecule has 0 aliphatic rings. The maximum atomic E-state index is 13.1. The van der Waals surface area contributed by atoms with E-state index in [4.69, 9.17) is 0 Å². The van der Waals surface area contributed by atoms with Gasteiger partial charge in [0.05, 0.1) is 18.3 Å². The minimum atomic E-state index is -3.53. The highest BCUT2D eigenvalue weighted by molar-refractivity contribution is 7.88. The fraction of sp³-hybridized carbons (Fsp3) is 0.278. The van der Waals surface area contributed by atoms with Crippen molar-refractivity contribution in [1.29, 1.82) is 0 Å². The van der Waals surface area contributed by atoms with Crippen LogP contribution in [-0.4, -0.2) is 20.6 Å². The van der Waals surface area contributed by atoms with Gasteiger partial charge in [0.25, 0.3) is 0 Å². The maximum absolute atomic E-state index is 13.1. The molecule has 5 nitrogen and oxygen atoms in total. The summed E-state index contributed by atoms with van der Waals surface area (Å²) in [6, 6.07) is 13.9. The van der Waals surface area contributed by atoms with Gasteiger partial charge in [-0.15, -0.1) is 0 Å². The Morgan fingerprint density at radius 1 is 1.04 bits per heavy atom. The number of amides is 1. The number of rotatable bonds is 7. The van der Waals surface area contributed by atoms with Gasteiger partial charge in [-0.1, -0.05) is 42.5 Å². The molecule has 7 heteroatoms. The van der Waals surface area contributed by atoms with E-state index in [1.807, 2.05) is 37.3 Å². The van der Waals surface area contributed by atoms with E-state index in [1.54, 1.807) is 0 Å². The highest BCUT2D eigenvalue weighted by Crippen LogP contribution is 2.19. The molecular weight excluding hydrogens is 343 g/mol. The van der Waals surface area contributed by atoms with Gasteiger partial charge in [-0.25, -0.2) is 17.5 Å². The van der Waals surface area contributed by atoms with Crippen molar-refractivity contribution in [3.8, 4) is 0 Å². The Kier molecular flexibility index (Phi) is 6.27. The van der Waals surface area contributed by atoms with Crippen molar-refractivity contribution in [2.24, 2.45) is 0 Å². The molecule has 2 atom stereocenters. The van der Waals surface area contributed by atoms with E-state index < -0.39 is 21.9 Å². The van der Waals surface area contributed by atoms with Gasteiger partial charge < -0.3 is 5.32 Å². The second kappa shape index (κ2) is 8.22. The van der Waals surface area contributed by atoms with Gasteiger partial charge in [-0.3, -0.25) is 4.79 Å². The Morgan fingerprint density at radius 3 is 2.20 bits per heavy atom. The van der Waals surface area contributed by atoms with E-state index in [9.17, 15) is 17.6 Å². The Hall–Kier alpha value is -2.25. The fourth-order valence-electron chi connectivity index (χ4n) is 2.49. The van der Waals surface area contributed by atoms with Crippen molar-refractivity contribution >= 4 is 15.9 Å². The molecule has 2 unspecified atom stereocenters. The summed E-state index contributed by atoms with van der Waals surface area (Å²) in [5.41, 5.74) is 1.47. The molecule has 0 aliphatic heterocycles. The van der Waals surface area contributed by atoms with Gasteiger partial charge in [-0.05, 0) is 30.2 Å². The lowest BCUT2D eigenvalue weighted by Gasteiger charge is -2.20. The van der Waals surface area contributed by atoms with Gasteiger partial charge in [0, 0.05) is 6.42 Å². The Balaban J connectivity index is 2.10. The van der Waals surface area contributed by atoms with Crippen LogP contribution in [0.5, 0.6) is 0 Å². The molecular formula is C18H21FN2O3S. The topological polar surface area (TPSA) is 75.3 Å². The summed E-state index contributed by atoms with van der Waals surface area (Å²) in [6.45, 7) is 1.85. The van der Waals surface area contributed by atoms with Crippen LogP contribution in [0.15, 0.2) is 54.6 Å². The van der Waals surface area contributed by atoms with E-state index in [1.165, 1.54) is 24.3 Å². The van der Waals surface area contributed by atoms with Crippen molar-refractivity contribution in [3.63, 3.8) is 0 Å². The molecule has 0 bridgehead atoms. The van der Waals surface area contributed by atoms with Crippen LogP contribution < -0.4 is 10.0 Å². The van der Waals surface area contributed by atoms with Gasteiger partial charge in [0.15, 0.2) is 0 Å².